The second-order valence-corrected chi connectivity index (χ2v) is 15.2. The standard InChI is InChI=1S/C38H39F4N10O6P/c1-3-34(25(2)58-59(55,56)57)52-36(53)51(24-45-52)31-12-10-30(11-13-31)49-18-16-48(17-19-49)29-8-4-26(5-9-29)27-6-15-35(43-21-27)38(41,42)37(54,22-50-23-44-46-47-50)32-14-7-28(39)20-33(32)40/h4-15,20-21,23-25,34,54H,3,16-19,22H2,1-2H3,(H2,55,56,57)/t25-,34-,37?/m0/s1. The molecule has 1 saturated heterocycles. The highest BCUT2D eigenvalue weighted by Gasteiger charge is 2.58. The van der Waals surface area contributed by atoms with Crippen LogP contribution in [-0.2, 0) is 27.2 Å². The molecule has 16 nitrogen and oxygen atoms in total. The number of aliphatic hydroxyl groups is 1. The van der Waals surface area contributed by atoms with E-state index in [-0.39, 0.29) is 0 Å². The summed E-state index contributed by atoms with van der Waals surface area (Å²) in [6.07, 6.45) is 2.97. The van der Waals surface area contributed by atoms with Gasteiger partial charge in [0.1, 0.15) is 30.0 Å². The fourth-order valence-electron chi connectivity index (χ4n) is 7.25. The number of phosphoric ester groups is 1. The van der Waals surface area contributed by atoms with Gasteiger partial charge in [-0.2, -0.15) is 13.9 Å². The van der Waals surface area contributed by atoms with Gasteiger partial charge in [0.15, 0.2) is 5.60 Å². The van der Waals surface area contributed by atoms with Gasteiger partial charge in [-0.05, 0) is 83.9 Å². The van der Waals surface area contributed by atoms with Gasteiger partial charge < -0.3 is 24.7 Å². The van der Waals surface area contributed by atoms with Crippen LogP contribution in [0.2, 0.25) is 0 Å². The predicted molar refractivity (Wildman–Crippen MR) is 206 cm³/mol. The monoisotopic (exact) mass is 838 g/mol. The zero-order valence-electron chi connectivity index (χ0n) is 31.6. The predicted octanol–water partition coefficient (Wildman–Crippen LogP) is 4.82. The number of hydrogen-bond donors (Lipinski definition) is 3. The fourth-order valence-corrected chi connectivity index (χ4v) is 7.82. The molecule has 0 amide bonds. The number of tetrazole rings is 1. The topological polar surface area (TPSA) is 190 Å². The largest absolute Gasteiger partial charge is 0.469 e. The summed E-state index contributed by atoms with van der Waals surface area (Å²) in [6.45, 7) is 5.10. The quantitative estimate of drug-likeness (QED) is 0.100. The molecule has 21 heteroatoms. The second kappa shape index (κ2) is 16.5. The summed E-state index contributed by atoms with van der Waals surface area (Å²) < 4.78 is 80.4. The van der Waals surface area contributed by atoms with Crippen LogP contribution < -0.4 is 15.5 Å². The van der Waals surface area contributed by atoms with Crippen molar-refractivity contribution in [3.05, 3.63) is 131 Å². The van der Waals surface area contributed by atoms with Crippen molar-refractivity contribution < 1.29 is 41.5 Å². The van der Waals surface area contributed by atoms with Crippen LogP contribution in [-0.4, -0.2) is 86.7 Å². The lowest BCUT2D eigenvalue weighted by Crippen LogP contribution is -2.48. The lowest BCUT2D eigenvalue weighted by molar-refractivity contribution is -0.207. The summed E-state index contributed by atoms with van der Waals surface area (Å²) >= 11 is 0. The lowest BCUT2D eigenvalue weighted by Gasteiger charge is -2.37. The lowest BCUT2D eigenvalue weighted by atomic mass is 9.84. The van der Waals surface area contributed by atoms with Gasteiger partial charge >= 0.3 is 19.4 Å². The van der Waals surface area contributed by atoms with Gasteiger partial charge in [-0.3, -0.25) is 9.51 Å². The van der Waals surface area contributed by atoms with Crippen LogP contribution in [0.1, 0.15) is 37.6 Å². The number of halogens is 4. The zero-order valence-corrected chi connectivity index (χ0v) is 32.5. The van der Waals surface area contributed by atoms with Crippen LogP contribution in [0.4, 0.5) is 28.9 Å². The molecule has 1 aliphatic rings. The summed E-state index contributed by atoms with van der Waals surface area (Å²) in [6, 6.07) is 18.7. The summed E-state index contributed by atoms with van der Waals surface area (Å²) in [7, 11) is -4.76. The van der Waals surface area contributed by atoms with Crippen molar-refractivity contribution in [2.24, 2.45) is 0 Å². The van der Waals surface area contributed by atoms with Gasteiger partial charge in [-0.1, -0.05) is 25.1 Å². The highest BCUT2D eigenvalue weighted by Crippen LogP contribution is 2.47. The summed E-state index contributed by atoms with van der Waals surface area (Å²) in [5.41, 5.74) is -1.72. The Kier molecular flexibility index (Phi) is 11.5. The normalized spacial score (nSPS) is 15.9. The Labute approximate surface area is 334 Å². The third-order valence-corrected chi connectivity index (χ3v) is 11.0. The van der Waals surface area contributed by atoms with Crippen molar-refractivity contribution in [2.45, 2.75) is 50.5 Å². The molecule has 4 heterocycles. The number of piperazine rings is 1. The maximum atomic E-state index is 16.2. The number of phosphoric acid groups is 1. The highest BCUT2D eigenvalue weighted by atomic mass is 31.2. The molecule has 0 bridgehead atoms. The second-order valence-electron chi connectivity index (χ2n) is 14.0. The number of anilines is 2. The van der Waals surface area contributed by atoms with E-state index >= 15 is 8.78 Å². The van der Waals surface area contributed by atoms with E-state index in [4.69, 9.17) is 4.52 Å². The van der Waals surface area contributed by atoms with Crippen LogP contribution in [0.15, 0.2) is 103 Å². The van der Waals surface area contributed by atoms with Crippen molar-refractivity contribution >= 4 is 19.2 Å². The maximum Gasteiger partial charge on any atom is 0.469 e. The van der Waals surface area contributed by atoms with Crippen molar-refractivity contribution in [3.63, 3.8) is 0 Å². The Balaban J connectivity index is 0.989. The van der Waals surface area contributed by atoms with E-state index in [9.17, 15) is 33.0 Å². The molecule has 0 saturated carbocycles. The van der Waals surface area contributed by atoms with E-state index in [0.29, 0.717) is 55.5 Å². The average Bonchev–Trinajstić information content (AvgIpc) is 3.87. The van der Waals surface area contributed by atoms with Gasteiger partial charge in [-0.15, -0.1) is 5.10 Å². The Hall–Kier alpha value is -5.79. The summed E-state index contributed by atoms with van der Waals surface area (Å²) in [5, 5.41) is 25.9. The van der Waals surface area contributed by atoms with Crippen LogP contribution in [0, 0.1) is 11.6 Å². The van der Waals surface area contributed by atoms with Gasteiger partial charge in [0.2, 0.25) is 0 Å². The molecule has 1 fully saturated rings. The van der Waals surface area contributed by atoms with Gasteiger partial charge in [-0.25, -0.2) is 32.1 Å². The number of benzene rings is 3. The Morgan fingerprint density at radius 3 is 2.02 bits per heavy atom. The van der Waals surface area contributed by atoms with E-state index in [1.54, 1.807) is 19.1 Å². The van der Waals surface area contributed by atoms with E-state index in [1.807, 2.05) is 36.4 Å². The minimum absolute atomic E-state index is 0.355. The molecule has 310 valence electrons. The average molecular weight is 839 g/mol. The number of pyridine rings is 1. The fraction of sp³-hybridized carbons (Fsp3) is 0.316. The molecular weight excluding hydrogens is 799 g/mol. The van der Waals surface area contributed by atoms with Crippen LogP contribution in [0.25, 0.3) is 16.8 Å². The Bertz CT molecular complexity index is 2480. The number of alkyl halides is 2. The Morgan fingerprint density at radius 1 is 0.864 bits per heavy atom. The van der Waals surface area contributed by atoms with E-state index in [1.165, 1.54) is 34.8 Å². The van der Waals surface area contributed by atoms with Crippen molar-refractivity contribution in [1.82, 2.24) is 39.5 Å². The molecule has 0 spiro atoms. The number of hydrogen-bond acceptors (Lipinski definition) is 11. The SMILES string of the molecule is CC[C@@H]([C@H](C)OP(=O)(O)O)n1ncn(-c2ccc(N3CCN(c4ccc(-c5ccc(C(F)(F)C(O)(Cn6cnnn6)c6ccc(F)cc6F)nc5)cc4)CC3)cc2)c1=O. The minimum atomic E-state index is -4.76. The first-order valence-electron chi connectivity index (χ1n) is 18.4. The molecule has 59 heavy (non-hydrogen) atoms. The number of nitrogens with zero attached hydrogens (tertiary/aromatic N) is 10. The Morgan fingerprint density at radius 2 is 1.47 bits per heavy atom. The molecule has 1 unspecified atom stereocenters. The van der Waals surface area contributed by atoms with Gasteiger partial charge in [0.25, 0.3) is 0 Å². The molecule has 1 aliphatic heterocycles. The van der Waals surface area contributed by atoms with Crippen molar-refractivity contribution in [3.8, 4) is 16.8 Å². The van der Waals surface area contributed by atoms with Crippen LogP contribution in [0.3, 0.4) is 0 Å². The first kappa shape index (κ1) is 41.4. The molecule has 3 atom stereocenters. The zero-order chi connectivity index (χ0) is 42.1. The van der Waals surface area contributed by atoms with Crippen LogP contribution >= 0.6 is 7.82 Å². The first-order chi connectivity index (χ1) is 28.1. The molecule has 0 radical (unpaired) electrons. The van der Waals surface area contributed by atoms with E-state index < -0.39 is 66.6 Å². The third kappa shape index (κ3) is 8.53. The highest BCUT2D eigenvalue weighted by molar-refractivity contribution is 7.46. The van der Waals surface area contributed by atoms with Crippen molar-refractivity contribution in [2.75, 3.05) is 36.0 Å². The summed E-state index contributed by atoms with van der Waals surface area (Å²) in [5.74, 6) is -6.55. The third-order valence-electron chi connectivity index (χ3n) is 10.4. The smallest absolute Gasteiger partial charge is 0.377 e. The number of rotatable bonds is 14. The van der Waals surface area contributed by atoms with Crippen LogP contribution in [0.5, 0.6) is 0 Å². The molecule has 0 aliphatic carbocycles. The van der Waals surface area contributed by atoms with Crippen molar-refractivity contribution in [1.29, 1.82) is 0 Å². The van der Waals surface area contributed by atoms with Gasteiger partial charge in [0, 0.05) is 60.9 Å². The molecule has 3 aromatic carbocycles. The van der Waals surface area contributed by atoms with Gasteiger partial charge in [0.05, 0.1) is 24.4 Å². The molecule has 3 N–H and O–H groups in total. The molecular formula is C38H39F4N10O6P. The molecule has 3 aromatic heterocycles. The maximum absolute atomic E-state index is 16.2. The van der Waals surface area contributed by atoms with E-state index in [2.05, 4.69) is 35.4 Å². The first-order valence-corrected chi connectivity index (χ1v) is 19.9. The van der Waals surface area contributed by atoms with E-state index in [0.717, 1.165) is 40.6 Å². The minimum Gasteiger partial charge on any atom is -0.377 e. The molecule has 6 aromatic rings. The summed E-state index contributed by atoms with van der Waals surface area (Å²) in [4.78, 5) is 40.1. The molecule has 7 rings (SSSR count). The number of aromatic nitrogens is 8.